The predicted octanol–water partition coefficient (Wildman–Crippen LogP) is 3.97. The summed E-state index contributed by atoms with van der Waals surface area (Å²) in [6, 6.07) is 8.87. The highest BCUT2D eigenvalue weighted by Crippen LogP contribution is 2.32. The first kappa shape index (κ1) is 14.9. The lowest BCUT2D eigenvalue weighted by atomic mass is 10.1. The third-order valence-corrected chi connectivity index (χ3v) is 2.77. The number of hydrogen-bond acceptors (Lipinski definition) is 2. The van der Waals surface area contributed by atoms with Crippen LogP contribution in [0.15, 0.2) is 42.5 Å². The fourth-order valence-electron chi connectivity index (χ4n) is 1.87. The van der Waals surface area contributed by atoms with Crippen molar-refractivity contribution in [3.8, 4) is 5.75 Å². The number of anilines is 1. The normalized spacial score (nSPS) is 11.2. The zero-order valence-electron chi connectivity index (χ0n) is 11.0. The number of amides is 1. The molecule has 0 aliphatic rings. The highest BCUT2D eigenvalue weighted by Gasteiger charge is 2.31. The van der Waals surface area contributed by atoms with Crippen LogP contribution in [0.5, 0.6) is 5.75 Å². The van der Waals surface area contributed by atoms with Gasteiger partial charge in [-0.15, -0.1) is 0 Å². The molecule has 0 bridgehead atoms. The van der Waals surface area contributed by atoms with E-state index < -0.39 is 17.6 Å². The van der Waals surface area contributed by atoms with Crippen LogP contribution in [0.3, 0.4) is 0 Å². The van der Waals surface area contributed by atoms with E-state index in [4.69, 9.17) is 0 Å². The molecule has 0 unspecified atom stereocenters. The molecule has 0 aromatic heterocycles. The standard InChI is InChI=1S/C15H12F3NO2/c1-9-5-11(15(16,17)18)8-12(6-9)19-14(21)10-3-2-4-13(20)7-10/h2-8,20H,1H3,(H,19,21). The summed E-state index contributed by atoms with van der Waals surface area (Å²) in [6.45, 7) is 1.51. The topological polar surface area (TPSA) is 49.3 Å². The first-order chi connectivity index (χ1) is 9.75. The summed E-state index contributed by atoms with van der Waals surface area (Å²) in [4.78, 5) is 11.9. The average molecular weight is 295 g/mol. The number of hydrogen-bond donors (Lipinski definition) is 2. The van der Waals surface area contributed by atoms with Crippen molar-refractivity contribution in [3.05, 3.63) is 59.2 Å². The molecule has 2 rings (SSSR count). The number of aromatic hydroxyl groups is 1. The minimum absolute atomic E-state index is 0.0515. The first-order valence-corrected chi connectivity index (χ1v) is 6.05. The zero-order valence-corrected chi connectivity index (χ0v) is 11.0. The van der Waals surface area contributed by atoms with Crippen molar-refractivity contribution in [1.82, 2.24) is 0 Å². The highest BCUT2D eigenvalue weighted by molar-refractivity contribution is 6.04. The van der Waals surface area contributed by atoms with Gasteiger partial charge in [-0.1, -0.05) is 6.07 Å². The van der Waals surface area contributed by atoms with Crippen molar-refractivity contribution in [2.45, 2.75) is 13.1 Å². The molecule has 3 nitrogen and oxygen atoms in total. The molecule has 6 heteroatoms. The molecule has 0 saturated carbocycles. The second kappa shape index (κ2) is 5.47. The number of alkyl halides is 3. The molecule has 0 aliphatic heterocycles. The van der Waals surface area contributed by atoms with E-state index in [9.17, 15) is 23.1 Å². The number of rotatable bonds is 2. The Labute approximate surface area is 119 Å². The number of carbonyl (C=O) groups is 1. The third kappa shape index (κ3) is 3.75. The second-order valence-electron chi connectivity index (χ2n) is 4.59. The Hall–Kier alpha value is -2.50. The third-order valence-electron chi connectivity index (χ3n) is 2.77. The largest absolute Gasteiger partial charge is 0.508 e. The molecule has 0 fully saturated rings. The Morgan fingerprint density at radius 1 is 1.14 bits per heavy atom. The van der Waals surface area contributed by atoms with Gasteiger partial charge in [0, 0.05) is 11.3 Å². The number of phenolic OH excluding ortho intramolecular Hbond substituents is 1. The molecule has 2 N–H and O–H groups in total. The van der Waals surface area contributed by atoms with Crippen molar-refractivity contribution < 1.29 is 23.1 Å². The number of halogens is 3. The molecule has 0 atom stereocenters. The lowest BCUT2D eigenvalue weighted by Crippen LogP contribution is -2.13. The van der Waals surface area contributed by atoms with Gasteiger partial charge in [0.05, 0.1) is 5.56 Å². The zero-order chi connectivity index (χ0) is 15.6. The van der Waals surface area contributed by atoms with Gasteiger partial charge in [0.25, 0.3) is 5.91 Å². The SMILES string of the molecule is Cc1cc(NC(=O)c2cccc(O)c2)cc(C(F)(F)F)c1. The first-order valence-electron chi connectivity index (χ1n) is 6.05. The maximum Gasteiger partial charge on any atom is 0.416 e. The predicted molar refractivity (Wildman–Crippen MR) is 72.2 cm³/mol. The molecule has 1 amide bonds. The van der Waals surface area contributed by atoms with Crippen molar-refractivity contribution in [2.75, 3.05) is 5.32 Å². The van der Waals surface area contributed by atoms with Gasteiger partial charge in [0.2, 0.25) is 0 Å². The van der Waals surface area contributed by atoms with Crippen molar-refractivity contribution in [1.29, 1.82) is 0 Å². The molecule has 0 saturated heterocycles. The smallest absolute Gasteiger partial charge is 0.416 e. The Bertz CT molecular complexity index is 681. The van der Waals surface area contributed by atoms with E-state index in [1.807, 2.05) is 0 Å². The summed E-state index contributed by atoms with van der Waals surface area (Å²) in [5.74, 6) is -0.688. The summed E-state index contributed by atoms with van der Waals surface area (Å²) in [7, 11) is 0. The summed E-state index contributed by atoms with van der Waals surface area (Å²) in [5.41, 5.74) is -0.231. The Balaban J connectivity index is 2.27. The van der Waals surface area contributed by atoms with Crippen LogP contribution >= 0.6 is 0 Å². The maximum absolute atomic E-state index is 12.7. The fourth-order valence-corrected chi connectivity index (χ4v) is 1.87. The van der Waals surface area contributed by atoms with Gasteiger partial charge < -0.3 is 10.4 Å². The molecular weight excluding hydrogens is 283 g/mol. The van der Waals surface area contributed by atoms with Crippen LogP contribution in [0.4, 0.5) is 18.9 Å². The molecule has 0 heterocycles. The van der Waals surface area contributed by atoms with Crippen LogP contribution in [0, 0.1) is 6.92 Å². The van der Waals surface area contributed by atoms with E-state index in [0.717, 1.165) is 12.1 Å². The van der Waals surface area contributed by atoms with E-state index in [1.54, 1.807) is 0 Å². The highest BCUT2D eigenvalue weighted by atomic mass is 19.4. The maximum atomic E-state index is 12.7. The number of phenols is 1. The quantitative estimate of drug-likeness (QED) is 0.880. The fraction of sp³-hybridized carbons (Fsp3) is 0.133. The molecule has 2 aromatic carbocycles. The summed E-state index contributed by atoms with van der Waals surface area (Å²) < 4.78 is 38.1. The van der Waals surface area contributed by atoms with Crippen molar-refractivity contribution in [3.63, 3.8) is 0 Å². The van der Waals surface area contributed by atoms with Crippen LogP contribution in [0.25, 0.3) is 0 Å². The van der Waals surface area contributed by atoms with E-state index in [2.05, 4.69) is 5.32 Å². The van der Waals surface area contributed by atoms with Crippen LogP contribution < -0.4 is 5.32 Å². The number of benzene rings is 2. The van der Waals surface area contributed by atoms with Gasteiger partial charge in [-0.25, -0.2) is 0 Å². The Kier molecular flexibility index (Phi) is 3.88. The van der Waals surface area contributed by atoms with Gasteiger partial charge in [0.15, 0.2) is 0 Å². The molecular formula is C15H12F3NO2. The molecule has 0 radical (unpaired) electrons. The number of nitrogens with one attached hydrogen (secondary N) is 1. The average Bonchev–Trinajstić information content (AvgIpc) is 2.37. The number of aryl methyl sites for hydroxylation is 1. The monoisotopic (exact) mass is 295 g/mol. The van der Waals surface area contributed by atoms with Gasteiger partial charge >= 0.3 is 6.18 Å². The van der Waals surface area contributed by atoms with E-state index >= 15 is 0 Å². The van der Waals surface area contributed by atoms with Crippen LogP contribution in [-0.4, -0.2) is 11.0 Å². The van der Waals surface area contributed by atoms with Crippen LogP contribution in [-0.2, 0) is 6.18 Å². The van der Waals surface area contributed by atoms with E-state index in [1.165, 1.54) is 37.3 Å². The van der Waals surface area contributed by atoms with E-state index in [-0.39, 0.29) is 17.0 Å². The molecule has 0 aliphatic carbocycles. The minimum Gasteiger partial charge on any atom is -0.508 e. The van der Waals surface area contributed by atoms with Crippen LogP contribution in [0.1, 0.15) is 21.5 Å². The molecule has 2 aromatic rings. The second-order valence-corrected chi connectivity index (χ2v) is 4.59. The van der Waals surface area contributed by atoms with Crippen LogP contribution in [0.2, 0.25) is 0 Å². The minimum atomic E-state index is -4.48. The summed E-state index contributed by atoms with van der Waals surface area (Å²) in [6.07, 6.45) is -4.48. The summed E-state index contributed by atoms with van der Waals surface area (Å²) in [5, 5.41) is 11.7. The Morgan fingerprint density at radius 2 is 1.86 bits per heavy atom. The summed E-state index contributed by atoms with van der Waals surface area (Å²) >= 11 is 0. The molecule has 0 spiro atoms. The van der Waals surface area contributed by atoms with Gasteiger partial charge in [-0.05, 0) is 48.9 Å². The number of carbonyl (C=O) groups excluding carboxylic acids is 1. The lowest BCUT2D eigenvalue weighted by Gasteiger charge is -2.11. The lowest BCUT2D eigenvalue weighted by molar-refractivity contribution is -0.137. The molecule has 21 heavy (non-hydrogen) atoms. The van der Waals surface area contributed by atoms with Crippen molar-refractivity contribution in [2.24, 2.45) is 0 Å². The van der Waals surface area contributed by atoms with Gasteiger partial charge in [0.1, 0.15) is 5.75 Å². The van der Waals surface area contributed by atoms with E-state index in [0.29, 0.717) is 5.56 Å². The van der Waals surface area contributed by atoms with Crippen molar-refractivity contribution >= 4 is 11.6 Å². The van der Waals surface area contributed by atoms with Gasteiger partial charge in [-0.2, -0.15) is 13.2 Å². The molecule has 110 valence electrons. The van der Waals surface area contributed by atoms with Gasteiger partial charge in [-0.3, -0.25) is 4.79 Å². The Morgan fingerprint density at radius 3 is 2.48 bits per heavy atom.